The average molecular weight is 175 g/mol. The molecule has 0 rings (SSSR count). The lowest BCUT2D eigenvalue weighted by atomic mass is 10.2. The molecule has 0 aliphatic carbocycles. The van der Waals surface area contributed by atoms with Crippen LogP contribution < -0.4 is 5.73 Å². The zero-order valence-electron chi connectivity index (χ0n) is 7.30. The summed E-state index contributed by atoms with van der Waals surface area (Å²) < 4.78 is 0. The number of carbonyl (C=O) groups is 1. The van der Waals surface area contributed by atoms with Crippen LogP contribution >= 0.6 is 11.8 Å². The maximum atomic E-state index is 11.0. The fourth-order valence-corrected chi connectivity index (χ4v) is 1.33. The molecular formula is C8H17NOS. The van der Waals surface area contributed by atoms with Crippen molar-refractivity contribution in [1.29, 1.82) is 0 Å². The molecule has 2 nitrogen and oxygen atoms in total. The molecule has 11 heavy (non-hydrogen) atoms. The highest BCUT2D eigenvalue weighted by Gasteiger charge is 2.02. The maximum Gasteiger partial charge on any atom is 0.189 e. The molecule has 0 aromatic carbocycles. The van der Waals surface area contributed by atoms with Gasteiger partial charge in [-0.3, -0.25) is 4.79 Å². The third-order valence-corrected chi connectivity index (χ3v) is 2.41. The summed E-state index contributed by atoms with van der Waals surface area (Å²) in [7, 11) is 0. The summed E-state index contributed by atoms with van der Waals surface area (Å²) in [6.07, 6.45) is 2.51. The first-order valence-electron chi connectivity index (χ1n) is 4.08. The Kier molecular flexibility index (Phi) is 6.66. The quantitative estimate of drug-likeness (QED) is 0.692. The van der Waals surface area contributed by atoms with E-state index in [-0.39, 0.29) is 11.2 Å². The summed E-state index contributed by atoms with van der Waals surface area (Å²) in [6, 6.07) is 0.154. The van der Waals surface area contributed by atoms with Crippen LogP contribution in [0, 0.1) is 0 Å². The van der Waals surface area contributed by atoms with Crippen LogP contribution in [0.25, 0.3) is 0 Å². The summed E-state index contributed by atoms with van der Waals surface area (Å²) in [5.74, 6) is 0.942. The zero-order valence-corrected chi connectivity index (χ0v) is 8.12. The first-order chi connectivity index (χ1) is 5.16. The summed E-state index contributed by atoms with van der Waals surface area (Å²) in [6.45, 7) is 4.00. The Balaban J connectivity index is 3.23. The molecule has 66 valence electrons. The lowest BCUT2D eigenvalue weighted by molar-refractivity contribution is -0.111. The first-order valence-corrected chi connectivity index (χ1v) is 5.06. The highest BCUT2D eigenvalue weighted by molar-refractivity contribution is 8.13. The second kappa shape index (κ2) is 6.68. The Morgan fingerprint density at radius 3 is 2.73 bits per heavy atom. The summed E-state index contributed by atoms with van der Waals surface area (Å²) in [5, 5.41) is 0.282. The van der Waals surface area contributed by atoms with E-state index in [2.05, 4.69) is 6.92 Å². The highest BCUT2D eigenvalue weighted by Crippen LogP contribution is 2.09. The maximum absolute atomic E-state index is 11.0. The van der Waals surface area contributed by atoms with Crippen molar-refractivity contribution in [2.75, 3.05) is 5.75 Å². The molecule has 2 N–H and O–H groups in total. The van der Waals surface area contributed by atoms with Gasteiger partial charge in [0.15, 0.2) is 5.12 Å². The smallest absolute Gasteiger partial charge is 0.189 e. The fourth-order valence-electron chi connectivity index (χ4n) is 0.634. The van der Waals surface area contributed by atoms with Crippen LogP contribution in [-0.4, -0.2) is 16.9 Å². The van der Waals surface area contributed by atoms with Gasteiger partial charge in [-0.2, -0.15) is 0 Å². The van der Waals surface area contributed by atoms with E-state index in [1.165, 1.54) is 11.8 Å². The molecule has 0 fully saturated rings. The van der Waals surface area contributed by atoms with Crippen LogP contribution in [0.1, 0.15) is 33.1 Å². The Hall–Kier alpha value is -0.0200. The van der Waals surface area contributed by atoms with E-state index >= 15 is 0 Å². The second-order valence-corrected chi connectivity index (χ2v) is 3.89. The van der Waals surface area contributed by atoms with Crippen molar-refractivity contribution in [3.05, 3.63) is 0 Å². The number of carbonyl (C=O) groups excluding carboxylic acids is 1. The Morgan fingerprint density at radius 1 is 1.64 bits per heavy atom. The van der Waals surface area contributed by atoms with Gasteiger partial charge < -0.3 is 5.73 Å². The van der Waals surface area contributed by atoms with Crippen molar-refractivity contribution >= 4 is 16.9 Å². The van der Waals surface area contributed by atoms with Gasteiger partial charge in [-0.05, 0) is 19.8 Å². The SMILES string of the molecule is CCCSC(=O)CC[C@@H](C)N. The molecule has 0 saturated heterocycles. The number of nitrogens with two attached hydrogens (primary N) is 1. The van der Waals surface area contributed by atoms with Crippen molar-refractivity contribution in [3.8, 4) is 0 Å². The van der Waals surface area contributed by atoms with E-state index in [9.17, 15) is 4.79 Å². The molecular weight excluding hydrogens is 158 g/mol. The van der Waals surface area contributed by atoms with Gasteiger partial charge in [0.25, 0.3) is 0 Å². The number of thioether (sulfide) groups is 1. The molecule has 0 spiro atoms. The summed E-state index contributed by atoms with van der Waals surface area (Å²) >= 11 is 1.42. The predicted molar refractivity (Wildman–Crippen MR) is 50.6 cm³/mol. The third kappa shape index (κ3) is 7.88. The third-order valence-electron chi connectivity index (χ3n) is 1.27. The van der Waals surface area contributed by atoms with Crippen LogP contribution in [0.4, 0.5) is 0 Å². The average Bonchev–Trinajstić information content (AvgIpc) is 1.97. The minimum absolute atomic E-state index is 0.154. The molecule has 0 amide bonds. The number of rotatable bonds is 5. The normalized spacial score (nSPS) is 13.0. The van der Waals surface area contributed by atoms with Crippen LogP contribution in [0.5, 0.6) is 0 Å². The minimum atomic E-state index is 0.154. The molecule has 0 aromatic heterocycles. The Labute approximate surface area is 72.9 Å². The van der Waals surface area contributed by atoms with Gasteiger partial charge >= 0.3 is 0 Å². The molecule has 0 aliphatic heterocycles. The van der Waals surface area contributed by atoms with Gasteiger partial charge in [0.1, 0.15) is 0 Å². The largest absolute Gasteiger partial charge is 0.328 e. The minimum Gasteiger partial charge on any atom is -0.328 e. The summed E-state index contributed by atoms with van der Waals surface area (Å²) in [4.78, 5) is 11.0. The van der Waals surface area contributed by atoms with Crippen molar-refractivity contribution < 1.29 is 4.79 Å². The van der Waals surface area contributed by atoms with Crippen molar-refractivity contribution in [1.82, 2.24) is 0 Å². The second-order valence-electron chi connectivity index (χ2n) is 2.74. The zero-order chi connectivity index (χ0) is 8.69. The summed E-state index contributed by atoms with van der Waals surface area (Å²) in [5.41, 5.74) is 5.51. The van der Waals surface area contributed by atoms with Crippen molar-refractivity contribution in [2.45, 2.75) is 39.2 Å². The van der Waals surface area contributed by atoms with Gasteiger partial charge in [0.2, 0.25) is 0 Å². The molecule has 0 aliphatic rings. The van der Waals surface area contributed by atoms with Gasteiger partial charge in [-0.25, -0.2) is 0 Å². The van der Waals surface area contributed by atoms with Crippen LogP contribution in [0.2, 0.25) is 0 Å². The highest BCUT2D eigenvalue weighted by atomic mass is 32.2. The molecule has 0 aromatic rings. The van der Waals surface area contributed by atoms with Gasteiger partial charge in [-0.15, -0.1) is 0 Å². The van der Waals surface area contributed by atoms with Crippen LogP contribution in [0.15, 0.2) is 0 Å². The molecule has 1 atom stereocenters. The lowest BCUT2D eigenvalue weighted by Crippen LogP contribution is -2.15. The lowest BCUT2D eigenvalue weighted by Gasteiger charge is -2.02. The van der Waals surface area contributed by atoms with Crippen molar-refractivity contribution in [3.63, 3.8) is 0 Å². The van der Waals surface area contributed by atoms with Gasteiger partial charge in [0, 0.05) is 18.2 Å². The molecule has 0 bridgehead atoms. The fraction of sp³-hybridized carbons (Fsp3) is 0.875. The van der Waals surface area contributed by atoms with E-state index in [1.807, 2.05) is 6.92 Å². The standard InChI is InChI=1S/C8H17NOS/c1-3-6-11-8(10)5-4-7(2)9/h7H,3-6,9H2,1-2H3/t7-/m1/s1. The van der Waals surface area contributed by atoms with E-state index < -0.39 is 0 Å². The topological polar surface area (TPSA) is 43.1 Å². The van der Waals surface area contributed by atoms with Crippen molar-refractivity contribution in [2.24, 2.45) is 5.73 Å². The Bertz CT molecular complexity index is 115. The molecule has 0 unspecified atom stereocenters. The number of hydrogen-bond acceptors (Lipinski definition) is 3. The monoisotopic (exact) mass is 175 g/mol. The molecule has 0 radical (unpaired) electrons. The Morgan fingerprint density at radius 2 is 2.27 bits per heavy atom. The van der Waals surface area contributed by atoms with E-state index in [1.54, 1.807) is 0 Å². The molecule has 3 heteroatoms. The number of hydrogen-bond donors (Lipinski definition) is 1. The van der Waals surface area contributed by atoms with E-state index in [0.717, 1.165) is 18.6 Å². The first kappa shape index (κ1) is 11.0. The molecule has 0 heterocycles. The van der Waals surface area contributed by atoms with Gasteiger partial charge in [0.05, 0.1) is 0 Å². The van der Waals surface area contributed by atoms with Crippen LogP contribution in [0.3, 0.4) is 0 Å². The molecule has 0 saturated carbocycles. The van der Waals surface area contributed by atoms with E-state index in [0.29, 0.717) is 6.42 Å². The van der Waals surface area contributed by atoms with Crippen LogP contribution in [-0.2, 0) is 4.79 Å². The van der Waals surface area contributed by atoms with Gasteiger partial charge in [-0.1, -0.05) is 18.7 Å². The predicted octanol–water partition coefficient (Wildman–Crippen LogP) is 1.78. The van der Waals surface area contributed by atoms with E-state index in [4.69, 9.17) is 5.73 Å².